The molecule has 0 bridgehead atoms. The van der Waals surface area contributed by atoms with Crippen LogP contribution < -0.4 is 10.9 Å². The molecule has 2 heterocycles. The largest absolute Gasteiger partial charge is 0.448 e. The summed E-state index contributed by atoms with van der Waals surface area (Å²) in [5.41, 5.74) is 4.21. The first-order valence-corrected chi connectivity index (χ1v) is 11.7. The highest BCUT2D eigenvalue weighted by atomic mass is 32.2. The van der Waals surface area contributed by atoms with Gasteiger partial charge in [-0.1, -0.05) is 49.9 Å². The van der Waals surface area contributed by atoms with Gasteiger partial charge in [0.1, 0.15) is 11.1 Å². The van der Waals surface area contributed by atoms with E-state index in [1.807, 2.05) is 56.3 Å². The summed E-state index contributed by atoms with van der Waals surface area (Å²) in [6.07, 6.45) is 0.829. The lowest BCUT2D eigenvalue weighted by Gasteiger charge is -2.13. The highest BCUT2D eigenvalue weighted by molar-refractivity contribution is 7.99. The van der Waals surface area contributed by atoms with Crippen molar-refractivity contribution in [1.29, 1.82) is 0 Å². The number of thioether (sulfide) groups is 1. The maximum Gasteiger partial charge on any atom is 0.297 e. The predicted molar refractivity (Wildman–Crippen MR) is 130 cm³/mol. The summed E-state index contributed by atoms with van der Waals surface area (Å²) in [4.78, 5) is 30.7. The first-order chi connectivity index (χ1) is 15.3. The van der Waals surface area contributed by atoms with Crippen LogP contribution in [0.15, 0.2) is 56.8 Å². The molecule has 0 fully saturated rings. The van der Waals surface area contributed by atoms with Gasteiger partial charge in [0.2, 0.25) is 11.5 Å². The van der Waals surface area contributed by atoms with Crippen molar-refractivity contribution in [1.82, 2.24) is 9.55 Å². The number of nitrogens with one attached hydrogen (secondary N) is 1. The van der Waals surface area contributed by atoms with E-state index in [2.05, 4.69) is 19.2 Å². The molecule has 1 amide bonds. The van der Waals surface area contributed by atoms with Gasteiger partial charge in [0.05, 0.1) is 5.75 Å². The normalized spacial score (nSPS) is 11.5. The van der Waals surface area contributed by atoms with Gasteiger partial charge in [0.15, 0.2) is 5.16 Å². The molecule has 7 heteroatoms. The third kappa shape index (κ3) is 4.43. The topological polar surface area (TPSA) is 77.1 Å². The molecule has 0 radical (unpaired) electrons. The molecule has 4 rings (SSSR count). The molecular weight excluding hydrogens is 422 g/mol. The molecule has 6 nitrogen and oxygen atoms in total. The number of anilines is 1. The summed E-state index contributed by atoms with van der Waals surface area (Å²) >= 11 is 1.28. The lowest BCUT2D eigenvalue weighted by Crippen LogP contribution is -2.24. The van der Waals surface area contributed by atoms with Crippen LogP contribution in [-0.2, 0) is 11.3 Å². The van der Waals surface area contributed by atoms with Crippen molar-refractivity contribution in [3.05, 3.63) is 63.9 Å². The number of carbonyl (C=O) groups is 1. The zero-order chi connectivity index (χ0) is 22.8. The molecule has 0 unspecified atom stereocenters. The minimum Gasteiger partial charge on any atom is -0.448 e. The van der Waals surface area contributed by atoms with Crippen LogP contribution >= 0.6 is 11.8 Å². The zero-order valence-corrected chi connectivity index (χ0v) is 19.6. The molecule has 166 valence electrons. The predicted octanol–water partition coefficient (Wildman–Crippen LogP) is 5.54. The van der Waals surface area contributed by atoms with Crippen molar-refractivity contribution in [3.63, 3.8) is 0 Å². The van der Waals surface area contributed by atoms with Gasteiger partial charge < -0.3 is 9.73 Å². The molecule has 0 saturated carbocycles. The number of para-hydroxylation sites is 1. The van der Waals surface area contributed by atoms with Crippen molar-refractivity contribution in [2.75, 3.05) is 11.1 Å². The molecule has 0 saturated heterocycles. The molecule has 0 aliphatic carbocycles. The molecule has 4 aromatic rings. The van der Waals surface area contributed by atoms with Gasteiger partial charge in [-0.2, -0.15) is 0 Å². The Morgan fingerprint density at radius 1 is 1.16 bits per heavy atom. The Balaban J connectivity index is 1.65. The number of benzene rings is 2. The summed E-state index contributed by atoms with van der Waals surface area (Å²) in [6.45, 7) is 8.76. The van der Waals surface area contributed by atoms with Crippen LogP contribution in [0.25, 0.3) is 22.1 Å². The molecule has 32 heavy (non-hydrogen) atoms. The summed E-state index contributed by atoms with van der Waals surface area (Å²) in [7, 11) is 0. The third-order valence-corrected chi connectivity index (χ3v) is 6.56. The minimum atomic E-state index is -0.204. The zero-order valence-electron chi connectivity index (χ0n) is 18.8. The first-order valence-electron chi connectivity index (χ1n) is 10.8. The molecule has 0 aliphatic heterocycles. The number of nitrogens with zero attached hydrogens (tertiary/aromatic N) is 2. The second kappa shape index (κ2) is 9.20. The second-order valence-corrected chi connectivity index (χ2v) is 9.34. The van der Waals surface area contributed by atoms with E-state index in [0.717, 1.165) is 28.6 Å². The first kappa shape index (κ1) is 22.1. The van der Waals surface area contributed by atoms with E-state index in [4.69, 9.17) is 9.40 Å². The van der Waals surface area contributed by atoms with Crippen LogP contribution in [0.4, 0.5) is 5.69 Å². The van der Waals surface area contributed by atoms with Crippen molar-refractivity contribution < 1.29 is 9.21 Å². The molecule has 1 N–H and O–H groups in total. The summed E-state index contributed by atoms with van der Waals surface area (Å²) < 4.78 is 7.47. The van der Waals surface area contributed by atoms with Gasteiger partial charge in [-0.05, 0) is 55.5 Å². The highest BCUT2D eigenvalue weighted by Gasteiger charge is 2.19. The van der Waals surface area contributed by atoms with Crippen LogP contribution in [0.3, 0.4) is 0 Å². The number of furan rings is 1. The van der Waals surface area contributed by atoms with E-state index >= 15 is 0 Å². The van der Waals surface area contributed by atoms with Gasteiger partial charge in [-0.25, -0.2) is 4.98 Å². The Morgan fingerprint density at radius 2 is 1.94 bits per heavy atom. The van der Waals surface area contributed by atoms with Crippen molar-refractivity contribution in [2.45, 2.75) is 45.8 Å². The molecule has 0 aliphatic rings. The summed E-state index contributed by atoms with van der Waals surface area (Å²) in [5, 5.41) is 4.31. The van der Waals surface area contributed by atoms with Crippen molar-refractivity contribution >= 4 is 45.4 Å². The van der Waals surface area contributed by atoms with E-state index < -0.39 is 0 Å². The van der Waals surface area contributed by atoms with E-state index in [1.165, 1.54) is 11.8 Å². The highest BCUT2D eigenvalue weighted by Crippen LogP contribution is 2.28. The number of carbonyl (C=O) groups excluding carboxylic acids is 1. The average Bonchev–Trinajstić information content (AvgIpc) is 3.14. The second-order valence-electron chi connectivity index (χ2n) is 8.39. The standard InChI is InChI=1S/C25H27N3O3S/c1-15(2)12-13-28-24(30)23-22(18-9-5-6-11-20(18)31-23)27-25(28)32-14-21(29)26-19-10-7-8-16(3)17(19)4/h5-11,15H,12-14H2,1-4H3,(H,26,29). The molecule has 2 aromatic carbocycles. The Bertz CT molecular complexity index is 1350. The Kier molecular flexibility index (Phi) is 6.37. The number of rotatable bonds is 7. The number of aromatic nitrogens is 2. The van der Waals surface area contributed by atoms with Crippen molar-refractivity contribution in [3.8, 4) is 0 Å². The number of hydrogen-bond acceptors (Lipinski definition) is 5. The van der Waals surface area contributed by atoms with Crippen LogP contribution in [0.1, 0.15) is 31.4 Å². The maximum atomic E-state index is 13.3. The van der Waals surface area contributed by atoms with Gasteiger partial charge in [-0.15, -0.1) is 0 Å². The molecule has 0 atom stereocenters. The number of fused-ring (bicyclic) bond motifs is 3. The minimum absolute atomic E-state index is 0.134. The summed E-state index contributed by atoms with van der Waals surface area (Å²) in [6, 6.07) is 13.3. The van der Waals surface area contributed by atoms with Crippen LogP contribution in [0.2, 0.25) is 0 Å². The van der Waals surface area contributed by atoms with Crippen LogP contribution in [0.5, 0.6) is 0 Å². The van der Waals surface area contributed by atoms with E-state index in [-0.39, 0.29) is 22.8 Å². The van der Waals surface area contributed by atoms with E-state index in [1.54, 1.807) is 4.57 Å². The van der Waals surface area contributed by atoms with E-state index in [0.29, 0.717) is 28.7 Å². The fourth-order valence-corrected chi connectivity index (χ4v) is 4.37. The van der Waals surface area contributed by atoms with Gasteiger partial charge in [0.25, 0.3) is 5.56 Å². The average molecular weight is 450 g/mol. The molecule has 2 aromatic heterocycles. The van der Waals surface area contributed by atoms with Gasteiger partial charge in [-0.3, -0.25) is 14.2 Å². The fourth-order valence-electron chi connectivity index (χ4n) is 3.55. The summed E-state index contributed by atoms with van der Waals surface area (Å²) in [5.74, 6) is 0.451. The van der Waals surface area contributed by atoms with Gasteiger partial charge in [0, 0.05) is 17.6 Å². The third-order valence-electron chi connectivity index (χ3n) is 5.59. The lowest BCUT2D eigenvalue weighted by atomic mass is 10.1. The van der Waals surface area contributed by atoms with Gasteiger partial charge >= 0.3 is 0 Å². The smallest absolute Gasteiger partial charge is 0.297 e. The molecular formula is C25H27N3O3S. The lowest BCUT2D eigenvalue weighted by molar-refractivity contribution is -0.113. The number of aryl methyl sites for hydroxylation is 1. The molecule has 0 spiro atoms. The van der Waals surface area contributed by atoms with Crippen LogP contribution in [-0.4, -0.2) is 21.2 Å². The van der Waals surface area contributed by atoms with Crippen LogP contribution in [0, 0.1) is 19.8 Å². The number of hydrogen-bond donors (Lipinski definition) is 1. The van der Waals surface area contributed by atoms with Crippen molar-refractivity contribution in [2.24, 2.45) is 5.92 Å². The Labute approximate surface area is 191 Å². The SMILES string of the molecule is Cc1cccc(NC(=O)CSc2nc3c(oc4ccccc43)c(=O)n2CCC(C)C)c1C. The van der Waals surface area contributed by atoms with E-state index in [9.17, 15) is 9.59 Å². The quantitative estimate of drug-likeness (QED) is 0.296. The Hall–Kier alpha value is -3.06. The fraction of sp³-hybridized carbons (Fsp3) is 0.320. The number of amides is 1. The maximum absolute atomic E-state index is 13.3. The monoisotopic (exact) mass is 449 g/mol. The Morgan fingerprint density at radius 3 is 2.72 bits per heavy atom.